The van der Waals surface area contributed by atoms with Crippen LogP contribution in [0.3, 0.4) is 0 Å². The van der Waals surface area contributed by atoms with Crippen molar-refractivity contribution in [3.63, 3.8) is 0 Å². The van der Waals surface area contributed by atoms with Crippen LogP contribution < -0.4 is 0 Å². The Morgan fingerprint density at radius 3 is 2.44 bits per heavy atom. The summed E-state index contributed by atoms with van der Waals surface area (Å²) in [6, 6.07) is 0. The molecule has 1 saturated heterocycles. The number of hydrogen-bond acceptors (Lipinski definition) is 4. The van der Waals surface area contributed by atoms with E-state index in [-0.39, 0.29) is 13.1 Å². The Hall–Kier alpha value is -0.880. The number of nitrogens with zero attached hydrogens (tertiary/aromatic N) is 1. The number of β-amino-alcohol motifs (C(OH)–C–C–N with tert-alkyl or cyclic N) is 1. The molecule has 1 rings (SSSR count). The molecule has 0 bridgehead atoms. The predicted octanol–water partition coefficient (Wildman–Crippen LogP) is 0.299. The van der Waals surface area contributed by atoms with Crippen molar-refractivity contribution in [2.75, 3.05) is 19.7 Å². The fourth-order valence-corrected chi connectivity index (χ4v) is 1.44. The first-order valence-corrected chi connectivity index (χ1v) is 5.13. The van der Waals surface area contributed by atoms with Gasteiger partial charge in [0.1, 0.15) is 11.2 Å². The third kappa shape index (κ3) is 2.82. The Kier molecular flexibility index (Phi) is 3.44. The van der Waals surface area contributed by atoms with Crippen LogP contribution in [0.1, 0.15) is 20.8 Å². The van der Waals surface area contributed by atoms with Crippen molar-refractivity contribution in [3.05, 3.63) is 0 Å². The summed E-state index contributed by atoms with van der Waals surface area (Å²) in [5, 5.41) is 18.2. The van der Waals surface area contributed by atoms with Crippen molar-refractivity contribution in [2.24, 2.45) is 0 Å². The molecular weight excluding hydrogens is 217 g/mol. The number of rotatable bonds is 2. The highest BCUT2D eigenvalue weighted by molar-refractivity contribution is 5.69. The highest BCUT2D eigenvalue weighted by atomic mass is 19.1. The molecule has 1 fully saturated rings. The molecule has 5 nitrogen and oxygen atoms in total. The van der Waals surface area contributed by atoms with Crippen molar-refractivity contribution in [2.45, 2.75) is 38.1 Å². The lowest BCUT2D eigenvalue weighted by atomic mass is 9.89. The maximum atomic E-state index is 13.1. The summed E-state index contributed by atoms with van der Waals surface area (Å²) in [5.74, 6) is 0. The zero-order chi connectivity index (χ0) is 12.6. The number of carbonyl (C=O) groups is 1. The molecule has 6 heteroatoms. The van der Waals surface area contributed by atoms with E-state index in [0.717, 1.165) is 0 Å². The minimum atomic E-state index is -1.73. The van der Waals surface area contributed by atoms with Gasteiger partial charge in [-0.15, -0.1) is 0 Å². The Morgan fingerprint density at radius 1 is 1.56 bits per heavy atom. The van der Waals surface area contributed by atoms with Gasteiger partial charge in [0.25, 0.3) is 0 Å². The van der Waals surface area contributed by atoms with Gasteiger partial charge < -0.3 is 19.8 Å². The lowest BCUT2D eigenvalue weighted by Crippen LogP contribution is -2.68. The average Bonchev–Trinajstić information content (AvgIpc) is 2.08. The molecule has 0 aliphatic carbocycles. The molecule has 1 aliphatic heterocycles. The minimum Gasteiger partial charge on any atom is -0.444 e. The maximum absolute atomic E-state index is 13.1. The van der Waals surface area contributed by atoms with Crippen LogP contribution in [0.25, 0.3) is 0 Å². The zero-order valence-corrected chi connectivity index (χ0v) is 9.73. The third-order valence-corrected chi connectivity index (χ3v) is 2.32. The van der Waals surface area contributed by atoms with Gasteiger partial charge in [-0.1, -0.05) is 0 Å². The Bertz CT molecular complexity index is 270. The van der Waals surface area contributed by atoms with Crippen LogP contribution in [0.15, 0.2) is 0 Å². The molecule has 1 heterocycles. The second-order valence-electron chi connectivity index (χ2n) is 5.09. The van der Waals surface area contributed by atoms with Crippen LogP contribution in [0.2, 0.25) is 0 Å². The number of halogens is 1. The van der Waals surface area contributed by atoms with E-state index in [0.29, 0.717) is 0 Å². The van der Waals surface area contributed by atoms with Crippen molar-refractivity contribution in [1.29, 1.82) is 0 Å². The van der Waals surface area contributed by atoms with Gasteiger partial charge in [-0.05, 0) is 20.8 Å². The van der Waals surface area contributed by atoms with E-state index >= 15 is 0 Å². The second kappa shape index (κ2) is 4.18. The number of aliphatic hydroxyl groups is 2. The molecule has 16 heavy (non-hydrogen) atoms. The lowest BCUT2D eigenvalue weighted by Gasteiger charge is -2.47. The highest BCUT2D eigenvalue weighted by Crippen LogP contribution is 2.28. The van der Waals surface area contributed by atoms with Gasteiger partial charge in [0.2, 0.25) is 0 Å². The van der Waals surface area contributed by atoms with Gasteiger partial charge in [-0.25, -0.2) is 9.18 Å². The van der Waals surface area contributed by atoms with Gasteiger partial charge in [0.05, 0.1) is 19.7 Å². The quantitative estimate of drug-likeness (QED) is 0.722. The molecule has 94 valence electrons. The molecule has 1 amide bonds. The van der Waals surface area contributed by atoms with E-state index in [9.17, 15) is 14.3 Å². The minimum absolute atomic E-state index is 0.149. The van der Waals surface area contributed by atoms with E-state index in [1.807, 2.05) is 0 Å². The number of aliphatic hydroxyl groups excluding tert-OH is 1. The second-order valence-corrected chi connectivity index (χ2v) is 5.09. The van der Waals surface area contributed by atoms with Gasteiger partial charge in [0.15, 0.2) is 6.17 Å². The molecule has 1 unspecified atom stereocenters. The molecule has 1 atom stereocenters. The van der Waals surface area contributed by atoms with E-state index in [1.54, 1.807) is 20.8 Å². The van der Waals surface area contributed by atoms with Gasteiger partial charge >= 0.3 is 6.09 Å². The number of amides is 1. The highest BCUT2D eigenvalue weighted by Gasteiger charge is 2.50. The van der Waals surface area contributed by atoms with E-state index < -0.39 is 30.1 Å². The van der Waals surface area contributed by atoms with Crippen LogP contribution in [0.4, 0.5) is 9.18 Å². The van der Waals surface area contributed by atoms with Crippen LogP contribution in [0.5, 0.6) is 0 Å². The number of likely N-dealkylation sites (tertiary alicyclic amines) is 1. The number of ether oxygens (including phenoxy) is 1. The lowest BCUT2D eigenvalue weighted by molar-refractivity contribution is -0.146. The molecule has 0 aromatic heterocycles. The van der Waals surface area contributed by atoms with Crippen molar-refractivity contribution in [1.82, 2.24) is 4.90 Å². The molecule has 0 saturated carbocycles. The van der Waals surface area contributed by atoms with Crippen LogP contribution in [0, 0.1) is 0 Å². The first-order valence-electron chi connectivity index (χ1n) is 5.13. The molecule has 0 spiro atoms. The summed E-state index contributed by atoms with van der Waals surface area (Å²) in [7, 11) is 0. The summed E-state index contributed by atoms with van der Waals surface area (Å²) in [5.41, 5.74) is -2.25. The summed E-state index contributed by atoms with van der Waals surface area (Å²) in [6.45, 7) is 4.12. The number of hydrogen-bond donors (Lipinski definition) is 2. The summed E-state index contributed by atoms with van der Waals surface area (Å²) < 4.78 is 18.1. The molecule has 2 N–H and O–H groups in total. The maximum Gasteiger partial charge on any atom is 0.410 e. The third-order valence-electron chi connectivity index (χ3n) is 2.32. The van der Waals surface area contributed by atoms with Crippen molar-refractivity contribution < 1.29 is 24.1 Å². The Labute approximate surface area is 93.8 Å². The number of alkyl halides is 1. The van der Waals surface area contributed by atoms with Crippen LogP contribution >= 0.6 is 0 Å². The Morgan fingerprint density at radius 2 is 2.06 bits per heavy atom. The molecule has 1 aliphatic rings. The molecule has 0 radical (unpaired) electrons. The zero-order valence-electron chi connectivity index (χ0n) is 9.73. The van der Waals surface area contributed by atoms with Crippen molar-refractivity contribution >= 4 is 6.09 Å². The van der Waals surface area contributed by atoms with Crippen molar-refractivity contribution in [3.8, 4) is 0 Å². The largest absolute Gasteiger partial charge is 0.444 e. The fourth-order valence-electron chi connectivity index (χ4n) is 1.44. The summed E-state index contributed by atoms with van der Waals surface area (Å²) >= 11 is 0. The molecular formula is C10H18FNO4. The standard InChI is InChI=1S/C10H18FNO4/c1-9(2,3)16-8(14)12-5-10(15,6-12)7(11)4-13/h7,13,15H,4-6H2,1-3H3. The SMILES string of the molecule is CC(C)(C)OC(=O)N1CC(O)(C(F)CO)C1. The molecule has 0 aromatic carbocycles. The topological polar surface area (TPSA) is 70.0 Å². The van der Waals surface area contributed by atoms with Crippen LogP contribution in [-0.2, 0) is 4.74 Å². The normalized spacial score (nSPS) is 21.2. The number of carbonyl (C=O) groups excluding carboxylic acids is 1. The average molecular weight is 235 g/mol. The smallest absolute Gasteiger partial charge is 0.410 e. The van der Waals surface area contributed by atoms with E-state index in [2.05, 4.69) is 0 Å². The first-order chi connectivity index (χ1) is 7.18. The van der Waals surface area contributed by atoms with E-state index in [4.69, 9.17) is 9.84 Å². The van der Waals surface area contributed by atoms with Crippen LogP contribution in [-0.4, -0.2) is 58.3 Å². The summed E-state index contributed by atoms with van der Waals surface area (Å²) in [6.07, 6.45) is -2.31. The summed E-state index contributed by atoms with van der Waals surface area (Å²) in [4.78, 5) is 12.6. The van der Waals surface area contributed by atoms with Gasteiger partial charge in [-0.3, -0.25) is 0 Å². The molecule has 0 aromatic rings. The fraction of sp³-hybridized carbons (Fsp3) is 0.900. The monoisotopic (exact) mass is 235 g/mol. The Balaban J connectivity index is 2.44. The van der Waals surface area contributed by atoms with Gasteiger partial charge in [0, 0.05) is 0 Å². The first kappa shape index (κ1) is 13.2. The van der Waals surface area contributed by atoms with Gasteiger partial charge in [-0.2, -0.15) is 0 Å². The van der Waals surface area contributed by atoms with E-state index in [1.165, 1.54) is 4.90 Å². The predicted molar refractivity (Wildman–Crippen MR) is 54.7 cm³/mol.